The van der Waals surface area contributed by atoms with Gasteiger partial charge in [-0.3, -0.25) is 4.79 Å². The average molecular weight is 276 g/mol. The Balaban J connectivity index is 1.88. The van der Waals surface area contributed by atoms with Gasteiger partial charge in [0, 0.05) is 32.0 Å². The van der Waals surface area contributed by atoms with E-state index in [0.29, 0.717) is 18.0 Å². The molecule has 110 valence electrons. The third-order valence-corrected chi connectivity index (χ3v) is 3.55. The highest BCUT2D eigenvalue weighted by molar-refractivity contribution is 5.93. The Labute approximate surface area is 120 Å². The lowest BCUT2D eigenvalue weighted by Crippen LogP contribution is -2.31. The number of carbonyl (C=O) groups excluding carboxylic acids is 1. The monoisotopic (exact) mass is 276 g/mol. The van der Waals surface area contributed by atoms with Crippen molar-refractivity contribution in [3.63, 3.8) is 0 Å². The van der Waals surface area contributed by atoms with E-state index >= 15 is 0 Å². The summed E-state index contributed by atoms with van der Waals surface area (Å²) < 4.78 is 0. The molecule has 0 atom stereocenters. The van der Waals surface area contributed by atoms with Crippen LogP contribution in [0.2, 0.25) is 0 Å². The van der Waals surface area contributed by atoms with E-state index in [9.17, 15) is 4.79 Å². The maximum atomic E-state index is 11.9. The predicted octanol–water partition coefficient (Wildman–Crippen LogP) is 2.24. The van der Waals surface area contributed by atoms with Crippen molar-refractivity contribution in [2.75, 3.05) is 24.5 Å². The Morgan fingerprint density at radius 1 is 1.25 bits per heavy atom. The largest absolute Gasteiger partial charge is 0.352 e. The van der Waals surface area contributed by atoms with Crippen LogP contribution in [-0.2, 0) is 0 Å². The van der Waals surface area contributed by atoms with Crippen molar-refractivity contribution in [1.29, 1.82) is 0 Å². The molecule has 1 aliphatic rings. The molecular formula is C15H24N4O. The molecular weight excluding hydrogens is 252 g/mol. The first-order chi connectivity index (χ1) is 9.66. The fourth-order valence-corrected chi connectivity index (χ4v) is 2.27. The molecule has 1 aromatic heterocycles. The van der Waals surface area contributed by atoms with E-state index in [-0.39, 0.29) is 5.91 Å². The van der Waals surface area contributed by atoms with Crippen LogP contribution >= 0.6 is 0 Å². The van der Waals surface area contributed by atoms with Crippen LogP contribution in [0.25, 0.3) is 0 Å². The molecule has 0 radical (unpaired) electrons. The Kier molecular flexibility index (Phi) is 5.32. The summed E-state index contributed by atoms with van der Waals surface area (Å²) in [6.45, 7) is 7.01. The second-order valence-electron chi connectivity index (χ2n) is 5.76. The van der Waals surface area contributed by atoms with Crippen LogP contribution < -0.4 is 10.2 Å². The third-order valence-electron chi connectivity index (χ3n) is 3.55. The summed E-state index contributed by atoms with van der Waals surface area (Å²) in [5, 5.41) is 2.90. The number of anilines is 1. The second-order valence-corrected chi connectivity index (χ2v) is 5.76. The van der Waals surface area contributed by atoms with Gasteiger partial charge in [0.25, 0.3) is 5.91 Å². The van der Waals surface area contributed by atoms with E-state index in [0.717, 1.165) is 25.5 Å². The molecule has 1 saturated heterocycles. The molecule has 0 aliphatic carbocycles. The summed E-state index contributed by atoms with van der Waals surface area (Å²) in [6, 6.07) is 0. The summed E-state index contributed by atoms with van der Waals surface area (Å²) in [4.78, 5) is 22.7. The van der Waals surface area contributed by atoms with E-state index in [2.05, 4.69) is 34.0 Å². The van der Waals surface area contributed by atoms with E-state index in [1.807, 2.05) is 0 Å². The Hall–Kier alpha value is -1.65. The number of nitrogens with zero attached hydrogens (tertiary/aromatic N) is 3. The van der Waals surface area contributed by atoms with Crippen molar-refractivity contribution in [1.82, 2.24) is 15.3 Å². The van der Waals surface area contributed by atoms with Gasteiger partial charge in [-0.15, -0.1) is 0 Å². The van der Waals surface area contributed by atoms with Gasteiger partial charge in [-0.25, -0.2) is 9.97 Å². The predicted molar refractivity (Wildman–Crippen MR) is 79.9 cm³/mol. The molecule has 5 nitrogen and oxygen atoms in total. The Bertz CT molecular complexity index is 424. The minimum Gasteiger partial charge on any atom is -0.352 e. The lowest BCUT2D eigenvalue weighted by molar-refractivity contribution is 0.0951. The molecule has 1 amide bonds. The molecule has 0 bridgehead atoms. The number of amides is 1. The molecule has 1 aliphatic heterocycles. The molecule has 20 heavy (non-hydrogen) atoms. The van der Waals surface area contributed by atoms with Gasteiger partial charge < -0.3 is 10.2 Å². The first-order valence-corrected chi connectivity index (χ1v) is 7.52. The molecule has 1 aromatic rings. The first-order valence-electron chi connectivity index (χ1n) is 7.52. The van der Waals surface area contributed by atoms with Crippen molar-refractivity contribution < 1.29 is 4.79 Å². The maximum absolute atomic E-state index is 11.9. The quantitative estimate of drug-likeness (QED) is 0.896. The molecule has 2 heterocycles. The number of hydrogen-bond donors (Lipinski definition) is 1. The molecule has 5 heteroatoms. The van der Waals surface area contributed by atoms with Gasteiger partial charge in [0.05, 0.1) is 5.56 Å². The van der Waals surface area contributed by atoms with Crippen LogP contribution in [0.4, 0.5) is 5.95 Å². The van der Waals surface area contributed by atoms with Crippen molar-refractivity contribution >= 4 is 11.9 Å². The fourth-order valence-electron chi connectivity index (χ4n) is 2.27. The Morgan fingerprint density at radius 3 is 2.50 bits per heavy atom. The second kappa shape index (κ2) is 7.22. The number of aromatic nitrogens is 2. The standard InChI is InChI=1S/C15H24N4O/c1-12(2)6-7-16-14(20)13-10-17-15(18-11-13)19-8-4-3-5-9-19/h10-12H,3-9H2,1-2H3,(H,16,20). The fraction of sp³-hybridized carbons (Fsp3) is 0.667. The lowest BCUT2D eigenvalue weighted by atomic mass is 10.1. The van der Waals surface area contributed by atoms with Gasteiger partial charge in [0.1, 0.15) is 0 Å². The van der Waals surface area contributed by atoms with Gasteiger partial charge in [-0.1, -0.05) is 13.8 Å². The van der Waals surface area contributed by atoms with Crippen LogP contribution in [0, 0.1) is 5.92 Å². The van der Waals surface area contributed by atoms with E-state index in [4.69, 9.17) is 0 Å². The number of piperidine rings is 1. The SMILES string of the molecule is CC(C)CCNC(=O)c1cnc(N2CCCCC2)nc1. The summed E-state index contributed by atoms with van der Waals surface area (Å²) >= 11 is 0. The van der Waals surface area contributed by atoms with Crippen molar-refractivity contribution in [3.8, 4) is 0 Å². The zero-order valence-corrected chi connectivity index (χ0v) is 12.4. The molecule has 1 fully saturated rings. The topological polar surface area (TPSA) is 58.1 Å². The third kappa shape index (κ3) is 4.18. The van der Waals surface area contributed by atoms with Crippen molar-refractivity contribution in [2.24, 2.45) is 5.92 Å². The Morgan fingerprint density at radius 2 is 1.90 bits per heavy atom. The van der Waals surface area contributed by atoms with Crippen LogP contribution in [0.1, 0.15) is 49.9 Å². The molecule has 0 spiro atoms. The average Bonchev–Trinajstić information content (AvgIpc) is 2.48. The molecule has 1 N–H and O–H groups in total. The van der Waals surface area contributed by atoms with Gasteiger partial charge in [0.15, 0.2) is 0 Å². The van der Waals surface area contributed by atoms with Crippen molar-refractivity contribution in [2.45, 2.75) is 39.5 Å². The first kappa shape index (κ1) is 14.8. The zero-order chi connectivity index (χ0) is 14.4. The number of rotatable bonds is 5. The van der Waals surface area contributed by atoms with E-state index in [1.165, 1.54) is 19.3 Å². The van der Waals surface area contributed by atoms with Crippen LogP contribution in [0.3, 0.4) is 0 Å². The molecule has 0 saturated carbocycles. The van der Waals surface area contributed by atoms with Gasteiger partial charge in [-0.2, -0.15) is 0 Å². The smallest absolute Gasteiger partial charge is 0.254 e. The van der Waals surface area contributed by atoms with Crippen LogP contribution in [-0.4, -0.2) is 35.5 Å². The highest BCUT2D eigenvalue weighted by atomic mass is 16.1. The highest BCUT2D eigenvalue weighted by Gasteiger charge is 2.14. The number of carbonyl (C=O) groups is 1. The molecule has 2 rings (SSSR count). The van der Waals surface area contributed by atoms with Crippen LogP contribution in [0.5, 0.6) is 0 Å². The summed E-state index contributed by atoms with van der Waals surface area (Å²) in [7, 11) is 0. The van der Waals surface area contributed by atoms with E-state index < -0.39 is 0 Å². The number of nitrogens with one attached hydrogen (secondary N) is 1. The molecule has 0 aromatic carbocycles. The van der Waals surface area contributed by atoms with E-state index in [1.54, 1.807) is 12.4 Å². The minimum atomic E-state index is -0.0872. The van der Waals surface area contributed by atoms with Gasteiger partial charge >= 0.3 is 0 Å². The normalized spacial score (nSPS) is 15.4. The minimum absolute atomic E-state index is 0.0872. The summed E-state index contributed by atoms with van der Waals surface area (Å²) in [5.41, 5.74) is 0.537. The zero-order valence-electron chi connectivity index (χ0n) is 12.4. The van der Waals surface area contributed by atoms with Gasteiger partial charge in [0.2, 0.25) is 5.95 Å². The van der Waals surface area contributed by atoms with Crippen molar-refractivity contribution in [3.05, 3.63) is 18.0 Å². The number of hydrogen-bond acceptors (Lipinski definition) is 4. The molecule has 0 unspecified atom stereocenters. The summed E-state index contributed by atoms with van der Waals surface area (Å²) in [6.07, 6.45) is 7.91. The van der Waals surface area contributed by atoms with Crippen LogP contribution in [0.15, 0.2) is 12.4 Å². The van der Waals surface area contributed by atoms with Gasteiger partial charge in [-0.05, 0) is 31.6 Å². The summed E-state index contributed by atoms with van der Waals surface area (Å²) in [5.74, 6) is 1.24. The highest BCUT2D eigenvalue weighted by Crippen LogP contribution is 2.14. The maximum Gasteiger partial charge on any atom is 0.254 e. The lowest BCUT2D eigenvalue weighted by Gasteiger charge is -2.26.